The molecule has 5 aromatic rings. The molecular weight excluding hydrogens is 2000 g/mol. The minimum absolute atomic E-state index is 0.0509. The predicted molar refractivity (Wildman–Crippen MR) is 542 cm³/mol. The third-order valence-corrected chi connectivity index (χ3v) is 26.1. The van der Waals surface area contributed by atoms with Crippen LogP contribution in [0.4, 0.5) is 39.0 Å². The average molecular weight is 2150 g/mol. The highest BCUT2D eigenvalue weighted by Crippen LogP contribution is 2.40. The number of amides is 4. The number of rotatable bonds is 67. The van der Waals surface area contributed by atoms with Gasteiger partial charge < -0.3 is 154 Å². The monoisotopic (exact) mass is 2150 g/mol. The number of halogens is 5. The lowest BCUT2D eigenvalue weighted by molar-refractivity contribution is -0.272. The number of aryl methyl sites for hydroxylation is 2. The molecule has 4 aromatic carbocycles. The van der Waals surface area contributed by atoms with Crippen LogP contribution in [-0.4, -0.2) is 257 Å². The van der Waals surface area contributed by atoms with Gasteiger partial charge in [0.2, 0.25) is 71.0 Å². The van der Waals surface area contributed by atoms with Gasteiger partial charge in [-0.25, -0.2) is 24.9 Å². The summed E-state index contributed by atoms with van der Waals surface area (Å²) in [5.41, 5.74) is 15.2. The molecule has 2 aliphatic heterocycles. The van der Waals surface area contributed by atoms with Crippen LogP contribution in [-0.2, 0) is 55.5 Å². The fourth-order valence-corrected chi connectivity index (χ4v) is 17.3. The largest absolute Gasteiger partial charge is 0.508 e. The number of phenolic OH excluding ortho intramolecular Hbond substituents is 1. The highest BCUT2D eigenvalue weighted by Gasteiger charge is 2.47. The molecule has 2 fully saturated rings. The average Bonchev–Trinajstić information content (AvgIpc) is 1.76. The fraction of sp³-hybridized carbons (Fsp3) is 0.591. The van der Waals surface area contributed by atoms with Crippen molar-refractivity contribution in [3.05, 3.63) is 138 Å². The number of aromatic hydroxyl groups is 1. The first-order valence-corrected chi connectivity index (χ1v) is 53.5. The first kappa shape index (κ1) is 122. The first-order chi connectivity index (χ1) is 69.0. The molecule has 2 aliphatic rings. The van der Waals surface area contributed by atoms with Crippen LogP contribution >= 0.6 is 51.8 Å². The number of allylic oxidation sites excluding steroid dienone is 2. The molecule has 0 spiro atoms. The van der Waals surface area contributed by atoms with E-state index in [9.17, 15) is 110 Å². The Morgan fingerprint density at radius 3 is 1.22 bits per heavy atom. The summed E-state index contributed by atoms with van der Waals surface area (Å²) >= 11 is 16.4. The number of anilines is 3. The summed E-state index contributed by atoms with van der Waals surface area (Å²) in [5, 5.41) is 115. The lowest BCUT2D eigenvalue weighted by Crippen LogP contribution is -2.59. The number of phenols is 1. The van der Waals surface area contributed by atoms with E-state index in [0.717, 1.165) is 43.5 Å². The number of aliphatic hydroxyl groups is 6. The van der Waals surface area contributed by atoms with E-state index in [4.69, 9.17) is 78.8 Å². The Bertz CT molecular complexity index is 4990. The Morgan fingerprint density at radius 1 is 0.448 bits per heavy atom. The minimum Gasteiger partial charge on any atom is -0.508 e. The predicted octanol–water partition coefficient (Wildman–Crippen LogP) is 7.15. The van der Waals surface area contributed by atoms with Crippen LogP contribution in [0.3, 0.4) is 0 Å². The van der Waals surface area contributed by atoms with Gasteiger partial charge in [0.15, 0.2) is 15.3 Å². The molecule has 0 radical (unpaired) electrons. The third-order valence-electron chi connectivity index (χ3n) is 23.6. The molecule has 3 heterocycles. The first-order valence-electron chi connectivity index (χ1n) is 48.6. The number of nitrogens with two attached hydrogens (primary N) is 4. The quantitative estimate of drug-likeness (QED) is 0.00157. The zero-order chi connectivity index (χ0) is 106. The molecule has 7 rings (SSSR count). The Balaban J connectivity index is 0.884. The summed E-state index contributed by atoms with van der Waals surface area (Å²) in [4.78, 5) is 106. The molecule has 29 N–H and O–H groups in total. The summed E-state index contributed by atoms with van der Waals surface area (Å²) in [6.07, 6.45) is 1.76. The summed E-state index contributed by atoms with van der Waals surface area (Å²) < 4.78 is 121. The number of esters is 1. The zero-order valence-corrected chi connectivity index (χ0v) is 85.2. The molecule has 52 heteroatoms. The van der Waals surface area contributed by atoms with Crippen LogP contribution in [0.25, 0.3) is 0 Å². The number of carbonyl (C=O) groups excluding carboxylic acids is 5. The van der Waals surface area contributed by atoms with Crippen molar-refractivity contribution in [1.82, 2.24) is 62.2 Å². The van der Waals surface area contributed by atoms with Gasteiger partial charge in [-0.3, -0.25) is 37.8 Å². The maximum absolute atomic E-state index is 14.3. The molecule has 0 bridgehead atoms. The van der Waals surface area contributed by atoms with Crippen LogP contribution in [0.5, 0.6) is 23.0 Å². The Labute approximate surface area is 855 Å². The molecule has 1 unspecified atom stereocenters. The maximum Gasteiger partial charge on any atom is 0.325 e. The number of benzene rings is 4. The number of ether oxygens (including phenoxy) is 5. The van der Waals surface area contributed by atoms with Crippen molar-refractivity contribution >= 4 is 114 Å². The second kappa shape index (κ2) is 64.4. The zero-order valence-electron chi connectivity index (χ0n) is 80.9. The summed E-state index contributed by atoms with van der Waals surface area (Å²) in [5.74, 6) is -2.34. The second-order valence-corrected chi connectivity index (χ2v) is 40.6. The van der Waals surface area contributed by atoms with Gasteiger partial charge in [0.25, 0.3) is 0 Å². The van der Waals surface area contributed by atoms with Crippen molar-refractivity contribution in [2.45, 2.75) is 285 Å². The van der Waals surface area contributed by atoms with Crippen molar-refractivity contribution in [1.29, 1.82) is 0 Å². The molecular formula is C93H142F5N19O23P2S3. The molecule has 11 atom stereocenters. The lowest BCUT2D eigenvalue weighted by atomic mass is 9.82. The van der Waals surface area contributed by atoms with E-state index in [1.807, 2.05) is 6.20 Å². The molecule has 1 aromatic heterocycles. The van der Waals surface area contributed by atoms with Gasteiger partial charge in [-0.05, 0) is 251 Å². The van der Waals surface area contributed by atoms with E-state index in [0.29, 0.717) is 193 Å². The highest BCUT2D eigenvalue weighted by molar-refractivity contribution is 7.81. The smallest absolute Gasteiger partial charge is 0.325 e. The van der Waals surface area contributed by atoms with Gasteiger partial charge >= 0.3 is 21.2 Å². The van der Waals surface area contributed by atoms with Gasteiger partial charge in [-0.15, -0.1) is 5.10 Å². The molecule has 2 saturated heterocycles. The van der Waals surface area contributed by atoms with Gasteiger partial charge in [0.05, 0.1) is 30.2 Å². The minimum atomic E-state index is -4.44. The number of nitrogens with one attached hydrogen (secondary N) is 10. The van der Waals surface area contributed by atoms with E-state index < -0.39 is 135 Å². The normalized spacial score (nSPS) is 18.5. The van der Waals surface area contributed by atoms with Crippen LogP contribution in [0.1, 0.15) is 211 Å². The number of aliphatic hydroxyl groups excluding tert-OH is 6. The van der Waals surface area contributed by atoms with Gasteiger partial charge in [0, 0.05) is 144 Å². The van der Waals surface area contributed by atoms with E-state index in [2.05, 4.69) is 68.2 Å². The van der Waals surface area contributed by atoms with E-state index >= 15 is 0 Å². The summed E-state index contributed by atoms with van der Waals surface area (Å²) in [6.45, 7) is 3.79. The third kappa shape index (κ3) is 47.8. The van der Waals surface area contributed by atoms with Gasteiger partial charge in [-0.2, -0.15) is 8.78 Å². The maximum atomic E-state index is 14.3. The van der Waals surface area contributed by atoms with Crippen LogP contribution in [0.2, 0.25) is 0 Å². The number of aromatic nitrogens is 3. The van der Waals surface area contributed by atoms with E-state index in [1.165, 1.54) is 10.0 Å². The number of hydrogen-bond acceptors (Lipinski definition) is 30. The molecule has 145 heavy (non-hydrogen) atoms. The molecule has 0 saturated carbocycles. The van der Waals surface area contributed by atoms with Gasteiger partial charge in [0.1, 0.15) is 53.9 Å². The van der Waals surface area contributed by atoms with E-state index in [-0.39, 0.29) is 125 Å². The van der Waals surface area contributed by atoms with Gasteiger partial charge in [-0.1, -0.05) is 43.7 Å². The Morgan fingerprint density at radius 2 is 0.807 bits per heavy atom. The van der Waals surface area contributed by atoms with Crippen molar-refractivity contribution in [3.63, 3.8) is 0 Å². The fourth-order valence-electron chi connectivity index (χ4n) is 15.5. The van der Waals surface area contributed by atoms with Crippen molar-refractivity contribution < 1.29 is 134 Å². The number of nitrogens with zero attached hydrogens (tertiary/aromatic N) is 5. The highest BCUT2D eigenvalue weighted by atomic mass is 32.1. The Hall–Kier alpha value is -9.93. The molecule has 42 nitrogen and oxygen atoms in total. The molecule has 810 valence electrons. The topological polar surface area (TPSA) is 650 Å². The summed E-state index contributed by atoms with van der Waals surface area (Å²) in [7, 11) is -8.88. The van der Waals surface area contributed by atoms with Crippen molar-refractivity contribution in [2.24, 2.45) is 23.2 Å². The van der Waals surface area contributed by atoms with E-state index in [1.54, 1.807) is 89.9 Å². The Kier molecular flexibility index (Phi) is 54.1. The SMILES string of the molecule is N/C(=C\N(N)CCCCNC(=O)CCC(CCC(=O)NCCCCN(N)/C=C(\N)CCCCNC(=S)Nc1ccc(O[C@H]2O[C@H](CCP(=O)(O)O)[C@@H](O)[C@H](O)[C@@H]2O)cc1)(CCC(=O)NCCCCn1cc(CCCCNC(=S)Nc2ccc(O[C@H]3O[C@H](CCP(=O)(O)O)[C@@H](O)[C@H](O)[C@@H]3O)cc2)nn1)NC(=O)CCCCCCCCCCC(=O)Oc1c(F)c(F)c(F)c(F)c1F)CCCCNC(=S)Nc1ccc(O)cc1. The number of unbranched alkanes of at least 4 members (excludes halogenated alkanes) is 13. The standard InChI is InChI=1S/C93H142F5N19O23P2S3/c94-76-77(95)79(97)87(80(98)78(76)96)140-75(123)25-8-6-4-2-1-3-5-7-24-74(122)112-93(43-38-71(119)103-46-15-18-52-115(101)57-60(99)21-9-12-49-106-90(143)109-62-26-32-66(118)33-27-62,44-39-72(120)104-47-16-19-53-116(102)58-61(100)22-10-13-50-107-91(144)110-63-28-34-67(35-29-63)136-88-85(128)83(126)81(124)69(138-88)41-55-141(130,131)132)45-40-73(121)105-48-17-20-54-117-59-65(113-114-117)23-11-14-51-108-92(145)111-64-30-36-68(37-31-64)137-89-86(129)84(127)82(125)70(139-89)42-56-142(133,134)135/h26-37,57-59,69-70,81-86,88-89,118,124-129H,1-25,38-56,99-102H2,(H,103,119)(H,104,120)(H,105,121)(H,112,122)(H2,106,109,143)(H2,107,110,144)(H2,108,111,145)(H2,130,131,132)(H2,133,134,135)/b60-57-,61-58-/t69-,70-,81-,82-,83+,84+,85+,86+,88+,89+,93?/m1/s1. The van der Waals surface area contributed by atoms with Crippen molar-refractivity contribution in [3.8, 4) is 23.0 Å². The van der Waals surface area contributed by atoms with Crippen LogP contribution < -0.4 is 90.5 Å². The lowest BCUT2D eigenvalue weighted by Gasteiger charge is -2.40. The number of carbonyl (C=O) groups is 5. The number of hydrazine groups is 2. The van der Waals surface area contributed by atoms with Crippen LogP contribution in [0.15, 0.2) is 103 Å². The van der Waals surface area contributed by atoms with Crippen molar-refractivity contribution in [2.75, 3.05) is 80.6 Å². The molecule has 4 amide bonds. The summed E-state index contributed by atoms with van der Waals surface area (Å²) in [6, 6.07) is 19.3. The number of hydrogen-bond donors (Lipinski definition) is 25. The van der Waals surface area contributed by atoms with Crippen LogP contribution in [0, 0.1) is 29.1 Å². The molecule has 0 aliphatic carbocycles. The second-order valence-electron chi connectivity index (χ2n) is 35.8. The number of thiocarbonyl (C=S) groups is 3.